The minimum absolute atomic E-state index is 0.0788. The van der Waals surface area contributed by atoms with E-state index in [9.17, 15) is 13.2 Å². The second-order valence-electron chi connectivity index (χ2n) is 3.54. The van der Waals surface area contributed by atoms with Crippen LogP contribution in [-0.4, -0.2) is 19.5 Å². The first-order valence-corrected chi connectivity index (χ1v) is 8.23. The lowest BCUT2D eigenvalue weighted by molar-refractivity contribution is 0.0693. The van der Waals surface area contributed by atoms with Gasteiger partial charge in [-0.1, -0.05) is 17.8 Å². The van der Waals surface area contributed by atoms with Crippen LogP contribution in [0.5, 0.6) is 0 Å². The normalized spacial score (nSPS) is 11.4. The van der Waals surface area contributed by atoms with Crippen LogP contribution in [0.4, 0.5) is 0 Å². The molecule has 0 amide bonds. The average molecular weight is 315 g/mol. The Morgan fingerprint density at radius 2 is 2.05 bits per heavy atom. The molecule has 0 bridgehead atoms. The van der Waals surface area contributed by atoms with Gasteiger partial charge in [0.25, 0.3) is 0 Å². The van der Waals surface area contributed by atoms with Crippen LogP contribution in [0.25, 0.3) is 0 Å². The van der Waals surface area contributed by atoms with Gasteiger partial charge in [0.05, 0.1) is 14.7 Å². The van der Waals surface area contributed by atoms with E-state index in [2.05, 4.69) is 0 Å². The molecule has 0 aliphatic carbocycles. The van der Waals surface area contributed by atoms with Gasteiger partial charge >= 0.3 is 5.97 Å². The SMILES string of the molecule is NS(=O)(=O)c1ccc(Sc2cccs2)c(C(=O)O)c1. The van der Waals surface area contributed by atoms with Crippen molar-refractivity contribution in [1.29, 1.82) is 0 Å². The highest BCUT2D eigenvalue weighted by molar-refractivity contribution is 8.01. The van der Waals surface area contributed by atoms with Crippen molar-refractivity contribution in [3.8, 4) is 0 Å². The predicted octanol–water partition coefficient (Wildman–Crippen LogP) is 2.24. The van der Waals surface area contributed by atoms with Crippen molar-refractivity contribution >= 4 is 39.1 Å². The smallest absolute Gasteiger partial charge is 0.336 e. The lowest BCUT2D eigenvalue weighted by Gasteiger charge is -2.06. The number of carboxylic acids is 1. The summed E-state index contributed by atoms with van der Waals surface area (Å²) in [6.45, 7) is 0. The van der Waals surface area contributed by atoms with Gasteiger partial charge < -0.3 is 5.11 Å². The quantitative estimate of drug-likeness (QED) is 0.901. The lowest BCUT2D eigenvalue weighted by atomic mass is 10.2. The zero-order valence-corrected chi connectivity index (χ0v) is 11.9. The number of primary sulfonamides is 1. The summed E-state index contributed by atoms with van der Waals surface area (Å²) < 4.78 is 23.4. The molecule has 0 radical (unpaired) electrons. The summed E-state index contributed by atoms with van der Waals surface area (Å²) in [5.41, 5.74) is -0.0788. The van der Waals surface area contributed by atoms with Gasteiger partial charge in [0.15, 0.2) is 0 Å². The van der Waals surface area contributed by atoms with E-state index in [4.69, 9.17) is 10.2 Å². The van der Waals surface area contributed by atoms with Crippen LogP contribution in [0.1, 0.15) is 10.4 Å². The molecule has 1 aromatic carbocycles. The van der Waals surface area contributed by atoms with Gasteiger partial charge in [0.2, 0.25) is 10.0 Å². The highest BCUT2D eigenvalue weighted by atomic mass is 32.2. The third-order valence-electron chi connectivity index (χ3n) is 2.22. The maximum Gasteiger partial charge on any atom is 0.336 e. The molecule has 1 aromatic heterocycles. The van der Waals surface area contributed by atoms with E-state index in [1.165, 1.54) is 35.2 Å². The maximum atomic E-state index is 11.2. The monoisotopic (exact) mass is 315 g/mol. The van der Waals surface area contributed by atoms with Crippen LogP contribution >= 0.6 is 23.1 Å². The number of hydrogen-bond donors (Lipinski definition) is 2. The Labute approximate surface area is 118 Å². The van der Waals surface area contributed by atoms with Gasteiger partial charge in [0, 0.05) is 4.90 Å². The molecule has 0 unspecified atom stereocenters. The fourth-order valence-electron chi connectivity index (χ4n) is 1.37. The number of nitrogens with two attached hydrogens (primary N) is 1. The highest BCUT2D eigenvalue weighted by Crippen LogP contribution is 2.34. The largest absolute Gasteiger partial charge is 0.478 e. The van der Waals surface area contributed by atoms with Crippen molar-refractivity contribution in [2.75, 3.05) is 0 Å². The summed E-state index contributed by atoms with van der Waals surface area (Å²) >= 11 is 2.75. The first-order chi connectivity index (χ1) is 8.88. The first kappa shape index (κ1) is 14.1. The number of thiophene rings is 1. The van der Waals surface area contributed by atoms with E-state index in [1.807, 2.05) is 17.5 Å². The fraction of sp³-hybridized carbons (Fsp3) is 0. The second kappa shape index (κ2) is 5.33. The van der Waals surface area contributed by atoms with Crippen LogP contribution < -0.4 is 5.14 Å². The van der Waals surface area contributed by atoms with Crippen LogP contribution in [0.2, 0.25) is 0 Å². The summed E-state index contributed by atoms with van der Waals surface area (Å²) in [6.07, 6.45) is 0. The second-order valence-corrected chi connectivity index (χ2v) is 7.39. The summed E-state index contributed by atoms with van der Waals surface area (Å²) in [6, 6.07) is 7.54. The molecule has 0 fully saturated rings. The fourth-order valence-corrected chi connectivity index (χ4v) is 3.74. The van der Waals surface area contributed by atoms with Gasteiger partial charge in [-0.2, -0.15) is 0 Å². The number of carboxylic acid groups (broad SMARTS) is 1. The third-order valence-corrected chi connectivity index (χ3v) is 5.24. The topological polar surface area (TPSA) is 97.5 Å². The number of hydrogen-bond acceptors (Lipinski definition) is 5. The van der Waals surface area contributed by atoms with E-state index in [0.29, 0.717) is 4.90 Å². The molecular weight excluding hydrogens is 306 g/mol. The Kier molecular flexibility index (Phi) is 3.95. The van der Waals surface area contributed by atoms with E-state index >= 15 is 0 Å². The molecular formula is C11H9NO4S3. The number of carbonyl (C=O) groups is 1. The molecule has 0 saturated carbocycles. The summed E-state index contributed by atoms with van der Waals surface area (Å²) in [5, 5.41) is 16.0. The number of sulfonamides is 1. The Hall–Kier alpha value is -1.35. The van der Waals surface area contributed by atoms with Crippen molar-refractivity contribution in [3.63, 3.8) is 0 Å². The molecule has 5 nitrogen and oxygen atoms in total. The molecule has 0 atom stereocenters. The zero-order valence-electron chi connectivity index (χ0n) is 9.44. The van der Waals surface area contributed by atoms with Crippen molar-refractivity contribution in [1.82, 2.24) is 0 Å². The summed E-state index contributed by atoms with van der Waals surface area (Å²) in [7, 11) is -3.91. The van der Waals surface area contributed by atoms with E-state index < -0.39 is 16.0 Å². The van der Waals surface area contributed by atoms with E-state index in [0.717, 1.165) is 10.3 Å². The number of benzene rings is 1. The molecule has 0 aliphatic heterocycles. The molecule has 0 spiro atoms. The lowest BCUT2D eigenvalue weighted by Crippen LogP contribution is -2.13. The van der Waals surface area contributed by atoms with Crippen molar-refractivity contribution in [2.24, 2.45) is 5.14 Å². The third kappa shape index (κ3) is 3.35. The molecule has 0 saturated heterocycles. The standard InChI is InChI=1S/C11H9NO4S3/c12-19(15,16)7-3-4-9(8(6-7)11(13)14)18-10-2-1-5-17-10/h1-6H,(H,13,14)(H2,12,15,16). The van der Waals surface area contributed by atoms with Crippen LogP contribution in [-0.2, 0) is 10.0 Å². The van der Waals surface area contributed by atoms with Gasteiger partial charge in [-0.05, 0) is 29.6 Å². The van der Waals surface area contributed by atoms with Gasteiger partial charge in [-0.15, -0.1) is 11.3 Å². The van der Waals surface area contributed by atoms with Crippen LogP contribution in [0.15, 0.2) is 49.7 Å². The Balaban J connectivity index is 2.47. The number of aromatic carboxylic acids is 1. The molecule has 0 aliphatic rings. The number of rotatable bonds is 4. The molecule has 8 heteroatoms. The zero-order chi connectivity index (χ0) is 14.0. The van der Waals surface area contributed by atoms with Gasteiger partial charge in [0.1, 0.15) is 0 Å². The average Bonchev–Trinajstić information content (AvgIpc) is 2.80. The van der Waals surface area contributed by atoms with Gasteiger partial charge in [-0.25, -0.2) is 18.4 Å². The minimum Gasteiger partial charge on any atom is -0.478 e. The van der Waals surface area contributed by atoms with E-state index in [-0.39, 0.29) is 10.5 Å². The molecule has 2 rings (SSSR count). The molecule has 3 N–H and O–H groups in total. The molecule has 1 heterocycles. The van der Waals surface area contributed by atoms with E-state index in [1.54, 1.807) is 0 Å². The Morgan fingerprint density at radius 3 is 2.58 bits per heavy atom. The van der Waals surface area contributed by atoms with Crippen molar-refractivity contribution < 1.29 is 18.3 Å². The highest BCUT2D eigenvalue weighted by Gasteiger charge is 2.16. The van der Waals surface area contributed by atoms with Crippen LogP contribution in [0, 0.1) is 0 Å². The maximum absolute atomic E-state index is 11.2. The van der Waals surface area contributed by atoms with Crippen LogP contribution in [0.3, 0.4) is 0 Å². The molecule has 19 heavy (non-hydrogen) atoms. The summed E-state index contributed by atoms with van der Waals surface area (Å²) in [4.78, 5) is 11.5. The summed E-state index contributed by atoms with van der Waals surface area (Å²) in [5.74, 6) is -1.19. The minimum atomic E-state index is -3.91. The Morgan fingerprint density at radius 1 is 1.32 bits per heavy atom. The predicted molar refractivity (Wildman–Crippen MR) is 73.2 cm³/mol. The van der Waals surface area contributed by atoms with Gasteiger partial charge in [-0.3, -0.25) is 0 Å². The molecule has 2 aromatic rings. The Bertz CT molecular complexity index is 708. The van der Waals surface area contributed by atoms with Crippen molar-refractivity contribution in [2.45, 2.75) is 14.0 Å². The van der Waals surface area contributed by atoms with Crippen molar-refractivity contribution in [3.05, 3.63) is 41.3 Å². The molecule has 100 valence electrons. The first-order valence-electron chi connectivity index (χ1n) is 4.99.